The standard InChI is InChI=1S/C33H16F10N4.CHCl3/c1-33(2)17-9-7-12(46-17)11-3-4-13(44-11)19(21-23(34)27(38)31(42)28(39)24(21)35)14-5-6-15(45-14)20(16-8-10-18(33)47-16)22-25(36)29(40)32(43)30(41)26(22)37;2-1(3)4/h3-10,44,46H,1-2H3;1H/b19-14+,20-16+;. The summed E-state index contributed by atoms with van der Waals surface area (Å²) in [7, 11) is 0. The summed E-state index contributed by atoms with van der Waals surface area (Å²) in [6.07, 6.45) is 4.79. The van der Waals surface area contributed by atoms with Gasteiger partial charge in [0.2, 0.25) is 11.6 Å². The number of aliphatic imine (C=N–C) groups is 2. The van der Waals surface area contributed by atoms with Crippen molar-refractivity contribution >= 4 is 57.4 Å². The topological polar surface area (TPSA) is 56.3 Å². The molecule has 0 spiro atoms. The largest absolute Gasteiger partial charge is 0.356 e. The van der Waals surface area contributed by atoms with Gasteiger partial charge in [-0.2, -0.15) is 0 Å². The van der Waals surface area contributed by atoms with Gasteiger partial charge in [0.1, 0.15) is 0 Å². The first-order valence-electron chi connectivity index (χ1n) is 14.3. The summed E-state index contributed by atoms with van der Waals surface area (Å²) in [5.41, 5.74) is -4.90. The quantitative estimate of drug-likeness (QED) is 0.0882. The van der Waals surface area contributed by atoms with Gasteiger partial charge in [-0.1, -0.05) is 34.8 Å². The first-order valence-corrected chi connectivity index (χ1v) is 15.6. The molecule has 0 fully saturated rings. The van der Waals surface area contributed by atoms with Crippen LogP contribution in [0.4, 0.5) is 43.9 Å². The zero-order chi connectivity index (χ0) is 37.3. The Morgan fingerprint density at radius 2 is 0.922 bits per heavy atom. The highest BCUT2D eigenvalue weighted by molar-refractivity contribution is 6.63. The Bertz CT molecular complexity index is 2280. The molecule has 3 aliphatic rings. The van der Waals surface area contributed by atoms with Crippen molar-refractivity contribution in [2.45, 2.75) is 23.6 Å². The van der Waals surface area contributed by atoms with Crippen LogP contribution in [-0.4, -0.2) is 25.7 Å². The third kappa shape index (κ3) is 6.02. The van der Waals surface area contributed by atoms with E-state index in [4.69, 9.17) is 34.8 Å². The average molecular weight is 778 g/mol. The van der Waals surface area contributed by atoms with Gasteiger partial charge in [-0.05, 0) is 62.4 Å². The maximum Gasteiger partial charge on any atom is 0.200 e. The van der Waals surface area contributed by atoms with E-state index in [0.29, 0.717) is 22.8 Å². The number of allylic oxidation sites excluding steroid dienone is 5. The predicted octanol–water partition coefficient (Wildman–Crippen LogP) is 10.9. The van der Waals surface area contributed by atoms with Crippen LogP contribution in [0.3, 0.4) is 0 Å². The van der Waals surface area contributed by atoms with Crippen LogP contribution in [0.15, 0.2) is 69.9 Å². The lowest BCUT2D eigenvalue weighted by Crippen LogP contribution is -2.27. The van der Waals surface area contributed by atoms with E-state index in [1.807, 2.05) is 0 Å². The van der Waals surface area contributed by atoms with Gasteiger partial charge in [-0.25, -0.2) is 48.9 Å². The molecule has 5 heterocycles. The monoisotopic (exact) mass is 776 g/mol. The number of rotatable bonds is 2. The van der Waals surface area contributed by atoms with Gasteiger partial charge < -0.3 is 9.97 Å². The van der Waals surface area contributed by atoms with Gasteiger partial charge in [0.05, 0.1) is 45.3 Å². The molecule has 0 saturated carbocycles. The van der Waals surface area contributed by atoms with Crippen LogP contribution in [0.2, 0.25) is 0 Å². The third-order valence-electron chi connectivity index (χ3n) is 8.21. The highest BCUT2D eigenvalue weighted by atomic mass is 35.6. The lowest BCUT2D eigenvalue weighted by molar-refractivity contribution is 0.376. The SMILES string of the molecule is CC1(C)C2=N/C(=C(/c3c(F)c(F)c(F)c(F)c3F)C3=N/C(=C(/c4c(F)c(F)c(F)c(F)c4F)c4ccc([nH]4)-c4ccc1[nH]4)C=C3)C=C2.ClC(Cl)Cl. The Labute approximate surface area is 296 Å². The van der Waals surface area contributed by atoms with Crippen molar-refractivity contribution in [3.63, 3.8) is 0 Å². The van der Waals surface area contributed by atoms with Crippen molar-refractivity contribution in [1.29, 1.82) is 0 Å². The Kier molecular flexibility index (Phi) is 9.40. The van der Waals surface area contributed by atoms with Crippen molar-refractivity contribution in [2.75, 3.05) is 0 Å². The van der Waals surface area contributed by atoms with Crippen LogP contribution in [0.25, 0.3) is 22.5 Å². The molecule has 2 aromatic carbocycles. The van der Waals surface area contributed by atoms with Crippen molar-refractivity contribution in [1.82, 2.24) is 9.97 Å². The molecule has 2 N–H and O–H groups in total. The van der Waals surface area contributed by atoms with E-state index in [0.717, 1.165) is 12.2 Å². The number of hydrogen-bond acceptors (Lipinski definition) is 2. The van der Waals surface area contributed by atoms with Gasteiger partial charge in [0.25, 0.3) is 0 Å². The molecule has 2 aromatic heterocycles. The number of benzene rings is 2. The molecule has 0 aliphatic carbocycles. The second kappa shape index (κ2) is 13.2. The summed E-state index contributed by atoms with van der Waals surface area (Å²) in [4.78, 5) is 14.7. The molecule has 17 heteroatoms. The first kappa shape index (κ1) is 36.3. The minimum absolute atomic E-state index is 0.191. The van der Waals surface area contributed by atoms with Crippen molar-refractivity contribution in [2.24, 2.45) is 9.98 Å². The van der Waals surface area contributed by atoms with Crippen LogP contribution in [0, 0.1) is 58.2 Å². The number of aromatic nitrogens is 2. The zero-order valence-electron chi connectivity index (χ0n) is 25.5. The highest BCUT2D eigenvalue weighted by Gasteiger charge is 2.36. The summed E-state index contributed by atoms with van der Waals surface area (Å²) in [5, 5.41) is 0. The minimum Gasteiger partial charge on any atom is -0.356 e. The Morgan fingerprint density at radius 3 is 1.47 bits per heavy atom. The van der Waals surface area contributed by atoms with Gasteiger partial charge in [-0.15, -0.1) is 0 Å². The molecule has 0 radical (unpaired) electrons. The number of hydrogen-bond donors (Lipinski definition) is 2. The lowest BCUT2D eigenvalue weighted by atomic mass is 9.84. The highest BCUT2D eigenvalue weighted by Crippen LogP contribution is 2.41. The molecule has 0 unspecified atom stereocenters. The first-order chi connectivity index (χ1) is 23.9. The molecular formula is C34H17Cl3F10N4. The van der Waals surface area contributed by atoms with Crippen LogP contribution < -0.4 is 0 Å². The van der Waals surface area contributed by atoms with E-state index in [9.17, 15) is 26.3 Å². The van der Waals surface area contributed by atoms with Gasteiger partial charge >= 0.3 is 0 Å². The molecule has 3 aliphatic heterocycles. The van der Waals surface area contributed by atoms with E-state index in [1.54, 1.807) is 26.0 Å². The maximum atomic E-state index is 15.3. The number of halogens is 13. The van der Waals surface area contributed by atoms with E-state index in [1.165, 1.54) is 24.3 Å². The number of nitrogens with one attached hydrogen (secondary N) is 2. The number of aromatic amines is 2. The van der Waals surface area contributed by atoms with Gasteiger partial charge in [0, 0.05) is 27.9 Å². The molecule has 7 rings (SSSR count). The number of nitrogens with zero attached hydrogens (tertiary/aromatic N) is 2. The van der Waals surface area contributed by atoms with Crippen molar-refractivity contribution in [3.8, 4) is 11.4 Å². The summed E-state index contributed by atoms with van der Waals surface area (Å²) >= 11 is 14.4. The van der Waals surface area contributed by atoms with Crippen LogP contribution in [0.5, 0.6) is 0 Å². The minimum atomic E-state index is -2.41. The Morgan fingerprint density at radius 1 is 0.510 bits per heavy atom. The summed E-state index contributed by atoms with van der Waals surface area (Å²) in [6, 6.07) is 6.08. The molecule has 51 heavy (non-hydrogen) atoms. The summed E-state index contributed by atoms with van der Waals surface area (Å²) in [6.45, 7) is 3.50. The Hall–Kier alpha value is -4.53. The Balaban J connectivity index is 0.00000107. The number of H-pyrrole nitrogens is 2. The molecule has 0 saturated heterocycles. The van der Waals surface area contributed by atoms with Crippen molar-refractivity contribution < 1.29 is 43.9 Å². The smallest absolute Gasteiger partial charge is 0.200 e. The molecular weight excluding hydrogens is 761 g/mol. The fourth-order valence-corrected chi connectivity index (χ4v) is 5.68. The van der Waals surface area contributed by atoms with E-state index >= 15 is 17.6 Å². The van der Waals surface area contributed by atoms with Gasteiger partial charge in [-0.3, -0.25) is 4.99 Å². The second-order valence-electron chi connectivity index (χ2n) is 11.5. The molecule has 264 valence electrons. The second-order valence-corrected chi connectivity index (χ2v) is 13.5. The molecule has 4 nitrogen and oxygen atoms in total. The predicted molar refractivity (Wildman–Crippen MR) is 174 cm³/mol. The lowest BCUT2D eigenvalue weighted by Gasteiger charge is -2.23. The molecule has 8 bridgehead atoms. The number of fused-ring (bicyclic) bond motifs is 7. The van der Waals surface area contributed by atoms with Crippen molar-refractivity contribution in [3.05, 3.63) is 141 Å². The van der Waals surface area contributed by atoms with Crippen LogP contribution in [-0.2, 0) is 5.41 Å². The van der Waals surface area contributed by atoms with Gasteiger partial charge in [0.15, 0.2) is 50.8 Å². The average Bonchev–Trinajstić information content (AvgIpc) is 3.91. The number of alkyl halides is 3. The fraction of sp³-hybridized carbons (Fsp3) is 0.118. The summed E-state index contributed by atoms with van der Waals surface area (Å²) < 4.78 is 147. The molecule has 4 aromatic rings. The zero-order valence-corrected chi connectivity index (χ0v) is 27.8. The van der Waals surface area contributed by atoms with E-state index in [-0.39, 0.29) is 11.4 Å². The normalized spacial score (nSPS) is 18.8. The third-order valence-corrected chi connectivity index (χ3v) is 8.21. The van der Waals surface area contributed by atoms with E-state index < -0.39 is 102 Å². The molecule has 0 amide bonds. The molecule has 0 atom stereocenters. The van der Waals surface area contributed by atoms with E-state index in [2.05, 4.69) is 20.0 Å². The fourth-order valence-electron chi connectivity index (χ4n) is 5.68. The van der Waals surface area contributed by atoms with Crippen LogP contribution >= 0.6 is 34.8 Å². The van der Waals surface area contributed by atoms with Crippen LogP contribution in [0.1, 0.15) is 36.4 Å². The maximum absolute atomic E-state index is 15.3. The summed E-state index contributed by atoms with van der Waals surface area (Å²) in [5.74, 6) is -22.7.